The number of rotatable bonds is 6. The first-order valence-corrected chi connectivity index (χ1v) is 9.82. The van der Waals surface area contributed by atoms with Crippen LogP contribution in [0.4, 0.5) is 0 Å². The lowest BCUT2D eigenvalue weighted by molar-refractivity contribution is 0.0454. The maximum Gasteiger partial charge on any atom is 0.346 e. The van der Waals surface area contributed by atoms with E-state index in [1.54, 1.807) is 12.1 Å². The molecule has 1 N–H and O–H groups in total. The van der Waals surface area contributed by atoms with Crippen LogP contribution in [-0.4, -0.2) is 24.8 Å². The molecule has 0 radical (unpaired) electrons. The second-order valence-corrected chi connectivity index (χ2v) is 7.72. The Labute approximate surface area is 176 Å². The Hall–Kier alpha value is -3.17. The van der Waals surface area contributed by atoms with E-state index >= 15 is 0 Å². The Balaban J connectivity index is 2.16. The summed E-state index contributed by atoms with van der Waals surface area (Å²) in [6.07, 6.45) is 8.23. The van der Waals surface area contributed by atoms with Crippen LogP contribution in [0.5, 0.6) is 23.0 Å². The number of ether oxygens (including phenoxy) is 4. The molecule has 0 aliphatic carbocycles. The Morgan fingerprint density at radius 1 is 1.30 bits per heavy atom. The van der Waals surface area contributed by atoms with E-state index in [1.807, 2.05) is 19.1 Å². The second-order valence-electron chi connectivity index (χ2n) is 7.72. The molecular weight excluding hydrogens is 384 g/mol. The van der Waals surface area contributed by atoms with E-state index in [1.165, 1.54) is 7.11 Å². The Kier molecular flexibility index (Phi) is 6.53. The molecule has 0 aromatic heterocycles. The molecule has 0 saturated carbocycles. The van der Waals surface area contributed by atoms with Crippen molar-refractivity contribution >= 4 is 5.97 Å². The summed E-state index contributed by atoms with van der Waals surface area (Å²) in [5.41, 5.74) is 2.45. The average Bonchev–Trinajstić information content (AvgIpc) is 2.70. The van der Waals surface area contributed by atoms with Gasteiger partial charge in [-0.15, -0.1) is 0 Å². The van der Waals surface area contributed by atoms with Crippen molar-refractivity contribution in [2.24, 2.45) is 5.92 Å². The summed E-state index contributed by atoms with van der Waals surface area (Å²) in [4.78, 5) is 12.9. The summed E-state index contributed by atoms with van der Waals surface area (Å²) in [7, 11) is 1.49. The van der Waals surface area contributed by atoms with Gasteiger partial charge in [-0.05, 0) is 43.0 Å². The molecule has 1 unspecified atom stereocenters. The lowest BCUT2D eigenvalue weighted by Crippen LogP contribution is -2.16. The molecule has 30 heavy (non-hydrogen) atoms. The molecule has 0 fully saturated rings. The van der Waals surface area contributed by atoms with E-state index in [0.717, 1.165) is 17.5 Å². The topological polar surface area (TPSA) is 74.2 Å². The smallest absolute Gasteiger partial charge is 0.346 e. The molecule has 158 valence electrons. The molecule has 0 amide bonds. The van der Waals surface area contributed by atoms with Crippen molar-refractivity contribution in [3.05, 3.63) is 46.5 Å². The lowest BCUT2D eigenvalue weighted by atomic mass is 9.89. The number of esters is 1. The molecule has 3 rings (SSSR count). The van der Waals surface area contributed by atoms with Crippen molar-refractivity contribution in [1.82, 2.24) is 0 Å². The number of methoxy groups -OCH3 is 1. The van der Waals surface area contributed by atoms with E-state index < -0.39 is 5.97 Å². The number of fused-ring (bicyclic) bond motifs is 2. The first-order chi connectivity index (χ1) is 14.4. The maximum atomic E-state index is 12.9. The summed E-state index contributed by atoms with van der Waals surface area (Å²) < 4.78 is 22.6. The summed E-state index contributed by atoms with van der Waals surface area (Å²) >= 11 is 0. The Morgan fingerprint density at radius 3 is 2.70 bits per heavy atom. The molecular formula is C24H26O6. The third kappa shape index (κ3) is 4.22. The number of cyclic esters (lactones) is 1. The quantitative estimate of drug-likeness (QED) is 0.556. The fourth-order valence-corrected chi connectivity index (χ4v) is 3.77. The summed E-state index contributed by atoms with van der Waals surface area (Å²) in [6, 6.07) is 7.11. The number of hydrogen-bond acceptors (Lipinski definition) is 6. The number of aryl methyl sites for hydroxylation is 1. The molecule has 0 spiro atoms. The Morgan fingerprint density at radius 2 is 2.07 bits per heavy atom. The second kappa shape index (κ2) is 9.10. The molecule has 1 aliphatic rings. The minimum atomic E-state index is -0.559. The van der Waals surface area contributed by atoms with Crippen LogP contribution in [0.2, 0.25) is 0 Å². The monoisotopic (exact) mass is 410 g/mol. The summed E-state index contributed by atoms with van der Waals surface area (Å²) in [5, 5.41) is 9.93. The highest BCUT2D eigenvalue weighted by atomic mass is 16.6. The van der Waals surface area contributed by atoms with Gasteiger partial charge in [0, 0.05) is 17.0 Å². The van der Waals surface area contributed by atoms with Gasteiger partial charge in [-0.1, -0.05) is 26.3 Å². The Bertz CT molecular complexity index is 986. The fourth-order valence-electron chi connectivity index (χ4n) is 3.77. The van der Waals surface area contributed by atoms with Gasteiger partial charge in [0.15, 0.2) is 11.5 Å². The zero-order valence-corrected chi connectivity index (χ0v) is 17.7. The van der Waals surface area contributed by atoms with Gasteiger partial charge >= 0.3 is 5.97 Å². The number of hydrogen-bond donors (Lipinski definition) is 1. The van der Waals surface area contributed by atoms with Crippen LogP contribution in [0.3, 0.4) is 0 Å². The highest BCUT2D eigenvalue weighted by Crippen LogP contribution is 2.44. The molecule has 1 heterocycles. The van der Waals surface area contributed by atoms with Gasteiger partial charge in [-0.3, -0.25) is 0 Å². The normalized spacial score (nSPS) is 13.7. The van der Waals surface area contributed by atoms with Gasteiger partial charge < -0.3 is 24.1 Å². The largest absolute Gasteiger partial charge is 0.495 e. The van der Waals surface area contributed by atoms with E-state index in [-0.39, 0.29) is 30.4 Å². The fraction of sp³-hybridized carbons (Fsp3) is 0.375. The van der Waals surface area contributed by atoms with Gasteiger partial charge in [-0.25, -0.2) is 4.79 Å². The number of carbonyl (C=O) groups excluding carboxylic acids is 1. The zero-order valence-electron chi connectivity index (χ0n) is 17.7. The highest BCUT2D eigenvalue weighted by molar-refractivity contribution is 5.96. The van der Waals surface area contributed by atoms with Crippen LogP contribution in [0, 0.1) is 25.4 Å². The van der Waals surface area contributed by atoms with Crippen molar-refractivity contribution < 1.29 is 28.8 Å². The van der Waals surface area contributed by atoms with E-state index in [9.17, 15) is 9.90 Å². The molecule has 0 bridgehead atoms. The van der Waals surface area contributed by atoms with Crippen LogP contribution in [0.1, 0.15) is 53.2 Å². The maximum absolute atomic E-state index is 12.9. The predicted octanol–water partition coefficient (Wildman–Crippen LogP) is 4.56. The number of carbonyl (C=O) groups is 1. The molecule has 6 heteroatoms. The molecule has 1 atom stereocenters. The van der Waals surface area contributed by atoms with Crippen LogP contribution in [0.15, 0.2) is 24.3 Å². The van der Waals surface area contributed by atoms with Crippen molar-refractivity contribution in [3.8, 4) is 35.5 Å². The number of aliphatic hydroxyl groups excluding tert-OH is 1. The standard InChI is InChI=1S/C24H26O6/c1-6-28-20-11-15(4)10-17-13-29-24(26)21-19(30-22(17)20)8-7-18(23(21)27-5)16(12-25)9-14(2)3/h1,7-8,10-11,14,16,25H,9,12-13H2,2-5H3. The number of benzene rings is 2. The zero-order chi connectivity index (χ0) is 21.8. The van der Waals surface area contributed by atoms with Crippen LogP contribution in [-0.2, 0) is 11.3 Å². The van der Waals surface area contributed by atoms with Gasteiger partial charge in [0.25, 0.3) is 0 Å². The van der Waals surface area contributed by atoms with Crippen LogP contribution >= 0.6 is 0 Å². The summed E-state index contributed by atoms with van der Waals surface area (Å²) in [6.45, 7) is 5.97. The van der Waals surface area contributed by atoms with Crippen molar-refractivity contribution in [2.75, 3.05) is 13.7 Å². The molecule has 2 aromatic rings. The first-order valence-electron chi connectivity index (χ1n) is 9.82. The first kappa shape index (κ1) is 21.5. The molecule has 1 aliphatic heterocycles. The van der Waals surface area contributed by atoms with Gasteiger partial charge in [-0.2, -0.15) is 0 Å². The third-order valence-electron chi connectivity index (χ3n) is 4.99. The third-order valence-corrected chi connectivity index (χ3v) is 4.99. The predicted molar refractivity (Wildman–Crippen MR) is 112 cm³/mol. The molecule has 6 nitrogen and oxygen atoms in total. The van der Waals surface area contributed by atoms with Crippen LogP contribution < -0.4 is 14.2 Å². The summed E-state index contributed by atoms with van der Waals surface area (Å²) in [5.74, 6) is 0.988. The highest BCUT2D eigenvalue weighted by Gasteiger charge is 2.30. The van der Waals surface area contributed by atoms with E-state index in [2.05, 4.69) is 20.0 Å². The van der Waals surface area contributed by atoms with E-state index in [4.69, 9.17) is 25.4 Å². The van der Waals surface area contributed by atoms with Crippen molar-refractivity contribution in [1.29, 1.82) is 0 Å². The van der Waals surface area contributed by atoms with Crippen molar-refractivity contribution in [2.45, 2.75) is 39.7 Å². The van der Waals surface area contributed by atoms with Gasteiger partial charge in [0.2, 0.25) is 0 Å². The van der Waals surface area contributed by atoms with Crippen molar-refractivity contribution in [3.63, 3.8) is 0 Å². The minimum Gasteiger partial charge on any atom is -0.495 e. The molecule has 2 aromatic carbocycles. The minimum absolute atomic E-state index is 0.000970. The SMILES string of the molecule is C#COc1cc(C)cc2c1Oc1ccc(C(CO)CC(C)C)c(OC)c1C(=O)OC2. The van der Waals surface area contributed by atoms with Gasteiger partial charge in [0.1, 0.15) is 29.8 Å². The average molecular weight is 410 g/mol. The van der Waals surface area contributed by atoms with Crippen LogP contribution in [0.25, 0.3) is 0 Å². The van der Waals surface area contributed by atoms with Gasteiger partial charge in [0.05, 0.1) is 13.7 Å². The molecule has 0 saturated heterocycles. The number of terminal acetylenes is 1. The number of aliphatic hydroxyl groups is 1. The van der Waals surface area contributed by atoms with E-state index in [0.29, 0.717) is 28.7 Å². The lowest BCUT2D eigenvalue weighted by Gasteiger charge is -2.25.